The van der Waals surface area contributed by atoms with Crippen LogP contribution in [0.1, 0.15) is 62.0 Å². The average Bonchev–Trinajstić information content (AvgIpc) is 3.15. The Morgan fingerprint density at radius 2 is 2.00 bits per heavy atom. The van der Waals surface area contributed by atoms with Crippen LogP contribution in [0.4, 0.5) is 0 Å². The summed E-state index contributed by atoms with van der Waals surface area (Å²) in [5.41, 5.74) is 1.39. The molecule has 0 saturated heterocycles. The molecule has 3 nitrogen and oxygen atoms in total. The third kappa shape index (κ3) is 4.26. The Bertz CT molecular complexity index is 392. The van der Waals surface area contributed by atoms with E-state index in [1.807, 2.05) is 11.3 Å². The van der Waals surface area contributed by atoms with Gasteiger partial charge in [0.2, 0.25) is 0 Å². The molecule has 0 bridgehead atoms. The van der Waals surface area contributed by atoms with Gasteiger partial charge in [-0.05, 0) is 25.9 Å². The molecule has 108 valence electrons. The molecule has 1 heterocycles. The van der Waals surface area contributed by atoms with Crippen LogP contribution in [0.5, 0.6) is 0 Å². The van der Waals surface area contributed by atoms with Crippen molar-refractivity contribution in [2.75, 3.05) is 13.1 Å². The van der Waals surface area contributed by atoms with Gasteiger partial charge in [-0.15, -0.1) is 11.3 Å². The Morgan fingerprint density at radius 3 is 2.53 bits per heavy atom. The highest BCUT2D eigenvalue weighted by molar-refractivity contribution is 7.11. The second kappa shape index (κ2) is 6.82. The quantitative estimate of drug-likeness (QED) is 0.792. The molecule has 1 aliphatic rings. The molecule has 1 saturated carbocycles. The van der Waals surface area contributed by atoms with Gasteiger partial charge in [-0.2, -0.15) is 0 Å². The SMILES string of the molecule is CCN(CC)Cc1nc(C2CC2)c(CNC(C)C)s1. The van der Waals surface area contributed by atoms with Gasteiger partial charge in [0.05, 0.1) is 12.2 Å². The van der Waals surface area contributed by atoms with Crippen molar-refractivity contribution in [2.24, 2.45) is 0 Å². The molecule has 0 spiro atoms. The smallest absolute Gasteiger partial charge is 0.107 e. The lowest BCUT2D eigenvalue weighted by Gasteiger charge is -2.15. The van der Waals surface area contributed by atoms with E-state index in [1.165, 1.54) is 28.4 Å². The molecular formula is C15H27N3S. The summed E-state index contributed by atoms with van der Waals surface area (Å²) in [6, 6.07) is 0.542. The summed E-state index contributed by atoms with van der Waals surface area (Å²) in [7, 11) is 0. The second-order valence-corrected chi connectivity index (χ2v) is 6.86. The number of nitrogens with zero attached hydrogens (tertiary/aromatic N) is 2. The third-order valence-electron chi connectivity index (χ3n) is 3.66. The molecule has 19 heavy (non-hydrogen) atoms. The van der Waals surface area contributed by atoms with E-state index >= 15 is 0 Å². The molecule has 0 aliphatic heterocycles. The molecule has 0 radical (unpaired) electrons. The monoisotopic (exact) mass is 281 g/mol. The topological polar surface area (TPSA) is 28.2 Å². The van der Waals surface area contributed by atoms with Crippen molar-refractivity contribution in [2.45, 2.75) is 65.6 Å². The lowest BCUT2D eigenvalue weighted by molar-refractivity contribution is 0.295. The van der Waals surface area contributed by atoms with E-state index in [9.17, 15) is 0 Å². The van der Waals surface area contributed by atoms with E-state index in [-0.39, 0.29) is 0 Å². The Balaban J connectivity index is 2.06. The molecule has 2 rings (SSSR count). The molecule has 1 aromatic heterocycles. The Labute approximate surface area is 121 Å². The fraction of sp³-hybridized carbons (Fsp3) is 0.800. The Kier molecular flexibility index (Phi) is 5.37. The fourth-order valence-electron chi connectivity index (χ4n) is 2.22. The van der Waals surface area contributed by atoms with E-state index < -0.39 is 0 Å². The zero-order valence-corrected chi connectivity index (χ0v) is 13.5. The van der Waals surface area contributed by atoms with E-state index in [2.05, 4.69) is 37.9 Å². The molecule has 1 N–H and O–H groups in total. The van der Waals surface area contributed by atoms with Crippen LogP contribution in [0, 0.1) is 0 Å². The molecule has 0 atom stereocenters. The fourth-order valence-corrected chi connectivity index (χ4v) is 3.37. The van der Waals surface area contributed by atoms with Gasteiger partial charge in [0.15, 0.2) is 0 Å². The minimum atomic E-state index is 0.542. The number of nitrogens with one attached hydrogen (secondary N) is 1. The van der Waals surface area contributed by atoms with E-state index in [0.29, 0.717) is 6.04 Å². The second-order valence-electron chi connectivity index (χ2n) is 5.69. The first kappa shape index (κ1) is 14.9. The van der Waals surface area contributed by atoms with Crippen molar-refractivity contribution in [1.82, 2.24) is 15.2 Å². The van der Waals surface area contributed by atoms with E-state index in [1.54, 1.807) is 0 Å². The van der Waals surface area contributed by atoms with Gasteiger partial charge in [-0.1, -0.05) is 27.7 Å². The zero-order valence-electron chi connectivity index (χ0n) is 12.7. The predicted octanol–water partition coefficient (Wildman–Crippen LogP) is 3.36. The van der Waals surface area contributed by atoms with Gasteiger partial charge >= 0.3 is 0 Å². The molecule has 1 aliphatic carbocycles. The van der Waals surface area contributed by atoms with Crippen molar-refractivity contribution in [3.63, 3.8) is 0 Å². The molecule has 0 aromatic carbocycles. The van der Waals surface area contributed by atoms with Crippen LogP contribution < -0.4 is 5.32 Å². The van der Waals surface area contributed by atoms with Crippen LogP contribution in [0.25, 0.3) is 0 Å². The number of hydrogen-bond donors (Lipinski definition) is 1. The summed E-state index contributed by atoms with van der Waals surface area (Å²) in [6.45, 7) is 13.1. The first-order chi connectivity index (χ1) is 9.13. The van der Waals surface area contributed by atoms with Gasteiger partial charge < -0.3 is 5.32 Å². The maximum Gasteiger partial charge on any atom is 0.107 e. The van der Waals surface area contributed by atoms with Crippen molar-refractivity contribution >= 4 is 11.3 Å². The predicted molar refractivity (Wildman–Crippen MR) is 82.7 cm³/mol. The highest BCUT2D eigenvalue weighted by atomic mass is 32.1. The maximum absolute atomic E-state index is 4.92. The number of rotatable bonds is 8. The summed E-state index contributed by atoms with van der Waals surface area (Å²) in [6.07, 6.45) is 2.67. The molecule has 0 unspecified atom stereocenters. The largest absolute Gasteiger partial charge is 0.310 e. The van der Waals surface area contributed by atoms with Crippen molar-refractivity contribution in [3.05, 3.63) is 15.6 Å². The van der Waals surface area contributed by atoms with E-state index in [0.717, 1.165) is 32.1 Å². The van der Waals surface area contributed by atoms with Crippen LogP contribution in [0.2, 0.25) is 0 Å². The van der Waals surface area contributed by atoms with Crippen molar-refractivity contribution in [1.29, 1.82) is 0 Å². The summed E-state index contributed by atoms with van der Waals surface area (Å²) in [4.78, 5) is 8.83. The highest BCUT2D eigenvalue weighted by Crippen LogP contribution is 2.42. The number of aromatic nitrogens is 1. The molecular weight excluding hydrogens is 254 g/mol. The minimum Gasteiger partial charge on any atom is -0.310 e. The summed E-state index contributed by atoms with van der Waals surface area (Å²) in [5.74, 6) is 0.755. The number of hydrogen-bond acceptors (Lipinski definition) is 4. The van der Waals surface area contributed by atoms with Gasteiger partial charge in [0.1, 0.15) is 5.01 Å². The van der Waals surface area contributed by atoms with Crippen LogP contribution >= 0.6 is 11.3 Å². The normalized spacial score (nSPS) is 15.7. The lowest BCUT2D eigenvalue weighted by atomic mass is 10.2. The van der Waals surface area contributed by atoms with Crippen LogP contribution in [0.15, 0.2) is 0 Å². The van der Waals surface area contributed by atoms with Crippen LogP contribution in [0.3, 0.4) is 0 Å². The maximum atomic E-state index is 4.92. The molecule has 1 aromatic rings. The van der Waals surface area contributed by atoms with Gasteiger partial charge in [-0.3, -0.25) is 4.90 Å². The van der Waals surface area contributed by atoms with Gasteiger partial charge in [-0.25, -0.2) is 4.98 Å². The van der Waals surface area contributed by atoms with Crippen LogP contribution in [-0.4, -0.2) is 29.0 Å². The van der Waals surface area contributed by atoms with Crippen LogP contribution in [-0.2, 0) is 13.1 Å². The highest BCUT2D eigenvalue weighted by Gasteiger charge is 2.29. The Morgan fingerprint density at radius 1 is 1.32 bits per heavy atom. The van der Waals surface area contributed by atoms with Gasteiger partial charge in [0.25, 0.3) is 0 Å². The van der Waals surface area contributed by atoms with Crippen molar-refractivity contribution < 1.29 is 0 Å². The molecule has 1 fully saturated rings. The van der Waals surface area contributed by atoms with Crippen molar-refractivity contribution in [3.8, 4) is 0 Å². The zero-order chi connectivity index (χ0) is 13.8. The summed E-state index contributed by atoms with van der Waals surface area (Å²) < 4.78 is 0. The average molecular weight is 281 g/mol. The summed E-state index contributed by atoms with van der Waals surface area (Å²) >= 11 is 1.91. The van der Waals surface area contributed by atoms with Gasteiger partial charge in [0, 0.05) is 23.4 Å². The third-order valence-corrected chi connectivity index (χ3v) is 4.72. The minimum absolute atomic E-state index is 0.542. The molecule has 4 heteroatoms. The molecule has 0 amide bonds. The standard InChI is InChI=1S/C15H27N3S/c1-5-18(6-2)10-14-17-15(12-7-8-12)13(19-14)9-16-11(3)4/h11-12,16H,5-10H2,1-4H3. The van der Waals surface area contributed by atoms with E-state index in [4.69, 9.17) is 4.98 Å². The number of thiazole rings is 1. The Hall–Kier alpha value is -0.450. The lowest BCUT2D eigenvalue weighted by Crippen LogP contribution is -2.22. The first-order valence-electron chi connectivity index (χ1n) is 7.58. The summed E-state index contributed by atoms with van der Waals surface area (Å²) in [5, 5.41) is 4.83. The first-order valence-corrected chi connectivity index (χ1v) is 8.39.